The summed E-state index contributed by atoms with van der Waals surface area (Å²) in [5, 5.41) is 5.99. The fraction of sp³-hybridized carbons (Fsp3) is 0.200. The number of ether oxygens (including phenoxy) is 3. The molecule has 338 valence electrons. The first kappa shape index (κ1) is 55.4. The highest BCUT2D eigenvalue weighted by atomic mass is 16.6. The van der Waals surface area contributed by atoms with Gasteiger partial charge >= 0.3 is 6.09 Å². The van der Waals surface area contributed by atoms with Crippen molar-refractivity contribution >= 4 is 17.5 Å². The number of nitrogens with one attached hydrogen (secondary N) is 3. The molecule has 0 unspecified atom stereocenters. The Morgan fingerprint density at radius 2 is 1.14 bits per heavy atom. The van der Waals surface area contributed by atoms with Crippen molar-refractivity contribution < 1.29 is 19.0 Å². The Balaban J connectivity index is 0.000000377. The minimum absolute atomic E-state index is 0. The van der Waals surface area contributed by atoms with E-state index < -0.39 is 11.7 Å². The molecule has 0 aliphatic carbocycles. The lowest BCUT2D eigenvalue weighted by Crippen LogP contribution is -2.32. The van der Waals surface area contributed by atoms with Crippen LogP contribution in [-0.2, 0) is 24.4 Å². The molecule has 3 aromatic rings. The van der Waals surface area contributed by atoms with Crippen LogP contribution in [0.1, 0.15) is 45.0 Å². The summed E-state index contributed by atoms with van der Waals surface area (Å²) in [5.74, 6) is 1.78. The van der Waals surface area contributed by atoms with Crippen molar-refractivity contribution in [3.63, 3.8) is 0 Å². The third kappa shape index (κ3) is 25.5. The molecule has 5 rings (SSSR count). The van der Waals surface area contributed by atoms with Crippen molar-refractivity contribution in [2.75, 3.05) is 36.5 Å². The molecule has 2 aliphatic rings. The van der Waals surface area contributed by atoms with Gasteiger partial charge in [-0.15, -0.1) is 0 Å². The molecule has 2 aliphatic heterocycles. The Bertz CT molecular complexity index is 3450. The summed E-state index contributed by atoms with van der Waals surface area (Å²) >= 11 is 0. The van der Waals surface area contributed by atoms with Gasteiger partial charge in [-0.05, 0) is 161 Å². The quantitative estimate of drug-likeness (QED) is 0.187. The largest absolute Gasteiger partial charge is 0.490 e. The molecule has 0 fully saturated rings. The molecule has 0 spiro atoms. The minimum atomic E-state index is -0.477. The van der Waals surface area contributed by atoms with E-state index in [1.54, 1.807) is 6.33 Å². The topological polar surface area (TPSA) is 127 Å². The van der Waals surface area contributed by atoms with E-state index in [0.29, 0.717) is 26.3 Å². The van der Waals surface area contributed by atoms with E-state index in [4.69, 9.17) is 19.9 Å². The number of nitrogens with two attached hydrogens (primary N) is 1. The molecule has 10 nitrogen and oxygen atoms in total. The first-order valence-corrected chi connectivity index (χ1v) is 20.4. The monoisotopic (exact) mass is 912 g/mol. The summed E-state index contributed by atoms with van der Waals surface area (Å²) in [6.07, 6.45) is 3.14. The predicted molar refractivity (Wildman–Crippen MR) is 266 cm³/mol. The molecule has 10 heteroatoms. The van der Waals surface area contributed by atoms with Crippen molar-refractivity contribution in [3.8, 4) is 11.5 Å². The number of nitrogens with zero attached hydrogens (tertiary/aromatic N) is 2. The number of hydrogen-bond donors (Lipinski definition) is 4. The zero-order chi connectivity index (χ0) is 49.5. The Morgan fingerprint density at radius 3 is 1.59 bits per heavy atom. The van der Waals surface area contributed by atoms with Crippen molar-refractivity contribution in [3.05, 3.63) is 251 Å². The molecule has 2 aromatic carbocycles. The Hall–Kier alpha value is -10.8. The Morgan fingerprint density at radius 1 is 0.686 bits per heavy atom. The van der Waals surface area contributed by atoms with Gasteiger partial charge in [-0.1, -0.05) is 31.0 Å². The second kappa shape index (κ2) is 34.6. The molecule has 5 N–H and O–H groups in total. The number of fused-ring (bicyclic) bond motifs is 2. The highest BCUT2D eigenvalue weighted by Gasteiger charge is 2.19. The van der Waals surface area contributed by atoms with Gasteiger partial charge in [0.1, 0.15) is 30.3 Å². The number of carbonyl (C=O) groups is 1. The predicted octanol–water partition coefficient (Wildman–Crippen LogP) is 9.87. The smallest absolute Gasteiger partial charge is 0.407 e. The molecule has 1 aromatic heterocycles. The van der Waals surface area contributed by atoms with E-state index in [-0.39, 0.29) is 7.43 Å². The fourth-order valence-electron chi connectivity index (χ4n) is 4.87. The van der Waals surface area contributed by atoms with E-state index >= 15 is 0 Å². The summed E-state index contributed by atoms with van der Waals surface area (Å²) in [7, 11) is 0. The average Bonchev–Trinajstić information content (AvgIpc) is 3.87. The van der Waals surface area contributed by atoms with E-state index in [2.05, 4.69) is 217 Å². The Kier molecular flexibility index (Phi) is 27.4. The number of hydrogen-bond acceptors (Lipinski definition) is 8. The van der Waals surface area contributed by atoms with Gasteiger partial charge in [-0.2, -0.15) is 0 Å². The number of rotatable bonds is 5. The van der Waals surface area contributed by atoms with Crippen molar-refractivity contribution in [2.24, 2.45) is 5.73 Å². The van der Waals surface area contributed by atoms with Crippen LogP contribution in [0.5, 0.6) is 11.5 Å². The van der Waals surface area contributed by atoms with Crippen LogP contribution in [0.25, 0.3) is 0 Å². The molecule has 1 amide bonds. The highest BCUT2D eigenvalue weighted by Crippen LogP contribution is 2.33. The van der Waals surface area contributed by atoms with Gasteiger partial charge in [0, 0.05) is 94.6 Å². The van der Waals surface area contributed by atoms with Gasteiger partial charge in [-0.3, -0.25) is 0 Å². The third-order valence-corrected chi connectivity index (χ3v) is 7.55. The summed E-state index contributed by atoms with van der Waals surface area (Å²) < 4.78 is 16.3. The normalized spacial score (nSPS) is 9.17. The van der Waals surface area contributed by atoms with Crippen LogP contribution in [0.3, 0.4) is 0 Å². The second-order valence-corrected chi connectivity index (χ2v) is 13.7. The van der Waals surface area contributed by atoms with Gasteiger partial charge in [0.15, 0.2) is 0 Å². The van der Waals surface area contributed by atoms with Crippen LogP contribution >= 0.6 is 0 Å². The van der Waals surface area contributed by atoms with Crippen LogP contribution in [-0.4, -0.2) is 48.0 Å². The molecule has 0 saturated carbocycles. The fourth-order valence-corrected chi connectivity index (χ4v) is 4.87. The molecule has 0 radical (unpaired) electrons. The molecule has 0 atom stereocenters. The maximum atomic E-state index is 11.5. The lowest BCUT2D eigenvalue weighted by Gasteiger charge is -2.31. The van der Waals surface area contributed by atoms with Gasteiger partial charge in [0.2, 0.25) is 0 Å². The maximum Gasteiger partial charge on any atom is 0.407 e. The Labute approximate surface area is 408 Å². The van der Waals surface area contributed by atoms with E-state index in [9.17, 15) is 4.79 Å². The van der Waals surface area contributed by atoms with Gasteiger partial charge in [-0.25, -0.2) is 9.78 Å². The first-order valence-electron chi connectivity index (χ1n) is 20.4. The standard InChI is InChI=1S/C32H4.C14H20N2O3.C13H16N4O.CH4/c1-3-5-7-9-11-13-15-17-19-21-23-25-27-29-31-32-30-28-26-24-22-20-18-16-14-12-10-8-6-4-2;1-14(2,3)19-13(17)16-9-10-4-5-12-11(8-10)15-6-7-18-12;14-6-10-1-2-13-12(5-10)17(3-4-18-13)8-11-7-15-9-16-11;/h1-2H2;4-5,8,15H,6-7,9H2,1-3H3,(H,16,17);1-2,5,7,9H,3-4,6,8,14H2,(H,15,16);1H4. The molecular weight excluding hydrogens is 869 g/mol. The SMILES string of the molecule is C.C=C=C=C=C=C=C=C=C=C=C=C=C=C=C=C=C=C=C=C=C=C=C=C=C=C=C=C=C=C=C=C.CC(C)(C)OC(=O)NCc1ccc2c(c1)NCCO2.NCc1ccc2c(c1)N(Cc1cnc[nH]1)CCO2. The number of anilines is 2. The number of aromatic amines is 1. The van der Waals surface area contributed by atoms with E-state index in [1.165, 1.54) is 0 Å². The number of alkyl carbamates (subject to hydrolysis) is 1. The van der Waals surface area contributed by atoms with Crippen LogP contribution in [0.4, 0.5) is 16.2 Å². The molecular formula is C60H44N6O4. The zero-order valence-corrected chi connectivity index (χ0v) is 38.1. The van der Waals surface area contributed by atoms with E-state index in [1.807, 2.05) is 57.3 Å². The van der Waals surface area contributed by atoms with Crippen molar-refractivity contribution in [2.45, 2.75) is 53.4 Å². The zero-order valence-electron chi connectivity index (χ0n) is 38.1. The molecule has 0 bridgehead atoms. The number of imidazole rings is 1. The van der Waals surface area contributed by atoms with Crippen molar-refractivity contribution in [1.29, 1.82) is 0 Å². The van der Waals surface area contributed by atoms with Crippen LogP contribution in [0.15, 0.2) is 234 Å². The first-order chi connectivity index (χ1) is 33.7. The molecule has 0 saturated heterocycles. The summed E-state index contributed by atoms with van der Waals surface area (Å²) in [4.78, 5) is 21.0. The maximum absolute atomic E-state index is 11.5. The summed E-state index contributed by atoms with van der Waals surface area (Å²) in [5.41, 5.74) is 84.9. The third-order valence-electron chi connectivity index (χ3n) is 7.55. The number of H-pyrrole nitrogens is 1. The number of amides is 1. The summed E-state index contributed by atoms with van der Waals surface area (Å²) in [6, 6.07) is 11.9. The van der Waals surface area contributed by atoms with Gasteiger partial charge in [0.25, 0.3) is 0 Å². The molecule has 70 heavy (non-hydrogen) atoms. The second-order valence-electron chi connectivity index (χ2n) is 13.7. The van der Waals surface area contributed by atoms with E-state index in [0.717, 1.165) is 59.3 Å². The van der Waals surface area contributed by atoms with Crippen molar-refractivity contribution in [1.82, 2.24) is 15.3 Å². The van der Waals surface area contributed by atoms with Gasteiger partial charge < -0.3 is 40.5 Å². The number of carbonyl (C=O) groups excluding carboxylic acids is 1. The number of benzene rings is 2. The van der Waals surface area contributed by atoms with Crippen LogP contribution in [0.2, 0.25) is 0 Å². The highest BCUT2D eigenvalue weighted by molar-refractivity contribution is 5.68. The minimum Gasteiger partial charge on any atom is -0.490 e. The van der Waals surface area contributed by atoms with Crippen LogP contribution < -0.4 is 30.7 Å². The molecule has 3 heterocycles. The lowest BCUT2D eigenvalue weighted by atomic mass is 10.1. The summed E-state index contributed by atoms with van der Waals surface area (Å²) in [6.45, 7) is 17.0. The average molecular weight is 913 g/mol. The number of aromatic nitrogens is 2. The lowest BCUT2D eigenvalue weighted by molar-refractivity contribution is 0.0523. The van der Waals surface area contributed by atoms with Gasteiger partial charge in [0.05, 0.1) is 36.5 Å². The van der Waals surface area contributed by atoms with Crippen LogP contribution in [0, 0.1) is 0 Å².